The molecule has 37 heavy (non-hydrogen) atoms. The van der Waals surface area contributed by atoms with Crippen LogP contribution in [0.2, 0.25) is 0 Å². The third-order valence-electron chi connectivity index (χ3n) is 8.00. The van der Waals surface area contributed by atoms with Gasteiger partial charge in [-0.3, -0.25) is 9.69 Å². The number of ether oxygens (including phenoxy) is 2. The second-order valence-electron chi connectivity index (χ2n) is 10.6. The number of nitrogens with one attached hydrogen (secondary N) is 1. The number of carbonyl (C=O) groups is 1. The number of hydrogen-bond acceptors (Lipinski definition) is 7. The fourth-order valence-electron chi connectivity index (χ4n) is 5.82. The highest BCUT2D eigenvalue weighted by Crippen LogP contribution is 2.34. The van der Waals surface area contributed by atoms with Crippen molar-refractivity contribution >= 4 is 17.5 Å². The second-order valence-corrected chi connectivity index (χ2v) is 10.6. The molecule has 0 saturated carbocycles. The van der Waals surface area contributed by atoms with Crippen LogP contribution < -0.4 is 10.2 Å². The van der Waals surface area contributed by atoms with Crippen LogP contribution in [0.1, 0.15) is 48.4 Å². The number of morpholine rings is 1. The van der Waals surface area contributed by atoms with Crippen molar-refractivity contribution in [3.63, 3.8) is 0 Å². The van der Waals surface area contributed by atoms with E-state index in [1.54, 1.807) is 0 Å². The Morgan fingerprint density at radius 2 is 2.11 bits per heavy atom. The Hall–Kier alpha value is -2.71. The Bertz CT molecular complexity index is 1080. The van der Waals surface area contributed by atoms with Crippen molar-refractivity contribution in [1.82, 2.24) is 9.88 Å². The normalized spacial score (nSPS) is 22.8. The molecule has 2 fully saturated rings. The molecule has 1 aromatic heterocycles. The minimum absolute atomic E-state index is 0.0517. The quantitative estimate of drug-likeness (QED) is 0.512. The molecule has 0 unspecified atom stereocenters. The summed E-state index contributed by atoms with van der Waals surface area (Å²) in [7, 11) is 1.43. The lowest BCUT2D eigenvalue weighted by atomic mass is 9.94. The first kappa shape index (κ1) is 25.9. The van der Waals surface area contributed by atoms with E-state index in [1.807, 2.05) is 6.07 Å². The molecule has 3 aliphatic heterocycles. The Kier molecular flexibility index (Phi) is 8.25. The fourth-order valence-corrected chi connectivity index (χ4v) is 5.82. The number of methoxy groups -OCH3 is 1. The predicted molar refractivity (Wildman–Crippen MR) is 143 cm³/mol. The maximum Gasteiger partial charge on any atom is 0.306 e. The Morgan fingerprint density at radius 1 is 1.24 bits per heavy atom. The number of nitrogens with zero attached hydrogens (tertiary/aromatic N) is 3. The molecule has 4 heterocycles. The number of pyridine rings is 1. The van der Waals surface area contributed by atoms with E-state index >= 15 is 4.39 Å². The summed E-state index contributed by atoms with van der Waals surface area (Å²) < 4.78 is 26.4. The number of halogens is 1. The Balaban J connectivity index is 1.22. The monoisotopic (exact) mass is 510 g/mol. The molecule has 1 N–H and O–H groups in total. The zero-order valence-electron chi connectivity index (χ0n) is 21.9. The van der Waals surface area contributed by atoms with Crippen molar-refractivity contribution in [2.24, 2.45) is 0 Å². The van der Waals surface area contributed by atoms with Gasteiger partial charge in [0.2, 0.25) is 0 Å². The van der Waals surface area contributed by atoms with E-state index in [2.05, 4.69) is 45.4 Å². The summed E-state index contributed by atoms with van der Waals surface area (Å²) in [6.45, 7) is 5.82. The van der Waals surface area contributed by atoms with Gasteiger partial charge in [-0.15, -0.1) is 0 Å². The molecule has 5 rings (SSSR count). The summed E-state index contributed by atoms with van der Waals surface area (Å²) in [6, 6.07) is 12.6. The maximum absolute atomic E-state index is 15.9. The largest absolute Gasteiger partial charge is 0.469 e. The summed E-state index contributed by atoms with van der Waals surface area (Å²) in [5, 5.41) is 3.37. The number of alkyl halides is 1. The van der Waals surface area contributed by atoms with Gasteiger partial charge in [-0.25, -0.2) is 9.37 Å². The third kappa shape index (κ3) is 6.60. The Morgan fingerprint density at radius 3 is 2.95 bits per heavy atom. The number of hydrogen-bond donors (Lipinski definition) is 1. The molecule has 7 nitrogen and oxygen atoms in total. The van der Waals surface area contributed by atoms with Gasteiger partial charge in [0.05, 0.1) is 26.7 Å². The highest BCUT2D eigenvalue weighted by molar-refractivity contribution is 5.70. The van der Waals surface area contributed by atoms with Crippen molar-refractivity contribution in [3.8, 4) is 0 Å². The number of aryl methyl sites for hydroxylation is 2. The molecule has 2 saturated heterocycles. The molecule has 0 bridgehead atoms. The van der Waals surface area contributed by atoms with Gasteiger partial charge in [-0.1, -0.05) is 18.2 Å². The number of carbonyl (C=O) groups excluding carboxylic acids is 1. The molecular formula is C29H39FN4O3. The van der Waals surface area contributed by atoms with E-state index in [-0.39, 0.29) is 18.3 Å². The van der Waals surface area contributed by atoms with E-state index < -0.39 is 5.67 Å². The molecule has 0 aliphatic carbocycles. The van der Waals surface area contributed by atoms with Gasteiger partial charge in [0.1, 0.15) is 11.5 Å². The summed E-state index contributed by atoms with van der Waals surface area (Å²) in [4.78, 5) is 21.5. The molecule has 200 valence electrons. The van der Waals surface area contributed by atoms with Gasteiger partial charge in [-0.2, -0.15) is 0 Å². The van der Waals surface area contributed by atoms with Gasteiger partial charge < -0.3 is 19.7 Å². The molecule has 2 atom stereocenters. The van der Waals surface area contributed by atoms with E-state index in [0.717, 1.165) is 68.5 Å². The molecular weight excluding hydrogens is 471 g/mol. The van der Waals surface area contributed by atoms with E-state index in [1.165, 1.54) is 12.7 Å². The molecule has 0 spiro atoms. The van der Waals surface area contributed by atoms with Crippen LogP contribution in [0.3, 0.4) is 0 Å². The SMILES string of the molecule is COC(=O)C[C@@H](CN1CC[C@@](F)(CCc2ccc3c(n2)NCCC3)C1)c1cccc(N2CCOCC2)c1. The minimum atomic E-state index is -1.24. The lowest BCUT2D eigenvalue weighted by Crippen LogP contribution is -2.36. The number of likely N-dealkylation sites (tertiary alicyclic amines) is 1. The zero-order chi connectivity index (χ0) is 25.7. The van der Waals surface area contributed by atoms with Gasteiger partial charge in [-0.05, 0) is 61.4 Å². The van der Waals surface area contributed by atoms with Crippen LogP contribution >= 0.6 is 0 Å². The van der Waals surface area contributed by atoms with Crippen LogP contribution in [0.25, 0.3) is 0 Å². The number of rotatable bonds is 9. The minimum Gasteiger partial charge on any atom is -0.469 e. The van der Waals surface area contributed by atoms with Crippen molar-refractivity contribution in [2.75, 3.05) is 69.8 Å². The third-order valence-corrected chi connectivity index (χ3v) is 8.00. The molecule has 8 heteroatoms. The second kappa shape index (κ2) is 11.8. The first-order chi connectivity index (χ1) is 18.0. The first-order valence-electron chi connectivity index (χ1n) is 13.6. The average Bonchev–Trinajstić information content (AvgIpc) is 3.32. The van der Waals surface area contributed by atoms with Gasteiger partial charge in [0, 0.05) is 56.6 Å². The van der Waals surface area contributed by atoms with Gasteiger partial charge in [0.15, 0.2) is 0 Å². The standard InChI is InChI=1S/C29H39FN4O3/c1-36-27(35)19-24(23-4-2-6-26(18-23)34-14-16-37-17-15-34)20-33-13-11-29(30,21-33)10-9-25-8-7-22-5-3-12-31-28(22)32-25/h2,4,6-8,18,24H,3,5,9-17,19-21H2,1H3,(H,31,32)/t24-,29-/m0/s1. The number of benzene rings is 1. The van der Waals surface area contributed by atoms with E-state index in [9.17, 15) is 4.79 Å². The summed E-state index contributed by atoms with van der Waals surface area (Å²) >= 11 is 0. The summed E-state index contributed by atoms with van der Waals surface area (Å²) in [5.74, 6) is 0.679. The lowest BCUT2D eigenvalue weighted by molar-refractivity contribution is -0.141. The van der Waals surface area contributed by atoms with Gasteiger partial charge >= 0.3 is 5.97 Å². The Labute approximate surface area is 219 Å². The highest BCUT2D eigenvalue weighted by atomic mass is 19.1. The first-order valence-corrected chi connectivity index (χ1v) is 13.6. The lowest BCUT2D eigenvalue weighted by Gasteiger charge is -2.30. The predicted octanol–water partition coefficient (Wildman–Crippen LogP) is 3.97. The van der Waals surface area contributed by atoms with Crippen LogP contribution in [-0.4, -0.2) is 81.1 Å². The van der Waals surface area contributed by atoms with Crippen LogP contribution in [-0.2, 0) is 27.1 Å². The molecule has 1 aromatic carbocycles. The molecule has 2 aromatic rings. The van der Waals surface area contributed by atoms with Gasteiger partial charge in [0.25, 0.3) is 0 Å². The molecule has 0 radical (unpaired) electrons. The number of esters is 1. The van der Waals surface area contributed by atoms with Crippen LogP contribution in [0.4, 0.5) is 15.9 Å². The maximum atomic E-state index is 15.9. The topological polar surface area (TPSA) is 66.9 Å². The van der Waals surface area contributed by atoms with Crippen LogP contribution in [0.15, 0.2) is 36.4 Å². The summed E-state index contributed by atoms with van der Waals surface area (Å²) in [6.07, 6.45) is 4.07. The average molecular weight is 511 g/mol. The van der Waals surface area contributed by atoms with Crippen LogP contribution in [0.5, 0.6) is 0 Å². The van der Waals surface area contributed by atoms with Crippen molar-refractivity contribution in [2.45, 2.75) is 50.1 Å². The molecule has 0 amide bonds. The molecule has 3 aliphatic rings. The van der Waals surface area contributed by atoms with E-state index in [0.29, 0.717) is 38.9 Å². The number of anilines is 2. The van der Waals surface area contributed by atoms with Crippen molar-refractivity contribution < 1.29 is 18.7 Å². The van der Waals surface area contributed by atoms with Crippen LogP contribution in [0, 0.1) is 0 Å². The smallest absolute Gasteiger partial charge is 0.306 e. The van der Waals surface area contributed by atoms with E-state index in [4.69, 9.17) is 14.5 Å². The number of aromatic nitrogens is 1. The summed E-state index contributed by atoms with van der Waals surface area (Å²) in [5.41, 5.74) is 3.20. The zero-order valence-corrected chi connectivity index (χ0v) is 21.9. The highest BCUT2D eigenvalue weighted by Gasteiger charge is 2.39. The fraction of sp³-hybridized carbons (Fsp3) is 0.586. The number of fused-ring (bicyclic) bond motifs is 1. The van der Waals surface area contributed by atoms with Crippen molar-refractivity contribution in [3.05, 3.63) is 53.2 Å². The van der Waals surface area contributed by atoms with Crippen molar-refractivity contribution in [1.29, 1.82) is 0 Å².